The summed E-state index contributed by atoms with van der Waals surface area (Å²) in [6, 6.07) is 4.54. The van der Waals surface area contributed by atoms with E-state index in [0.717, 1.165) is 29.6 Å². The Kier molecular flexibility index (Phi) is 4.14. The Morgan fingerprint density at radius 2 is 2.24 bits per heavy atom. The monoisotopic (exact) mass is 251 g/mol. The van der Waals surface area contributed by atoms with E-state index in [4.69, 9.17) is 0 Å². The van der Waals surface area contributed by atoms with Crippen molar-refractivity contribution >= 4 is 28.5 Å². The van der Waals surface area contributed by atoms with E-state index in [-0.39, 0.29) is 5.82 Å². The maximum absolute atomic E-state index is 13.2. The minimum Gasteiger partial charge on any atom is -0.369 e. The second-order valence-electron chi connectivity index (χ2n) is 3.66. The molecule has 0 unspecified atom stereocenters. The Morgan fingerprint density at radius 1 is 1.35 bits per heavy atom. The summed E-state index contributed by atoms with van der Waals surface area (Å²) in [5.74, 6) is 1.54. The van der Waals surface area contributed by atoms with Crippen LogP contribution in [0.1, 0.15) is 6.42 Å². The van der Waals surface area contributed by atoms with E-state index in [0.29, 0.717) is 5.82 Å². The van der Waals surface area contributed by atoms with Gasteiger partial charge in [0.05, 0.1) is 5.52 Å². The van der Waals surface area contributed by atoms with Gasteiger partial charge in [-0.05, 0) is 36.6 Å². The minimum atomic E-state index is -0.264. The fourth-order valence-electron chi connectivity index (χ4n) is 1.59. The van der Waals surface area contributed by atoms with Crippen molar-refractivity contribution in [2.24, 2.45) is 0 Å². The molecule has 90 valence electrons. The van der Waals surface area contributed by atoms with Crippen molar-refractivity contribution in [3.63, 3.8) is 0 Å². The van der Waals surface area contributed by atoms with Gasteiger partial charge in [-0.2, -0.15) is 11.8 Å². The highest BCUT2D eigenvalue weighted by Crippen LogP contribution is 2.19. The van der Waals surface area contributed by atoms with Crippen molar-refractivity contribution in [1.82, 2.24) is 9.97 Å². The normalized spacial score (nSPS) is 10.7. The van der Waals surface area contributed by atoms with Crippen molar-refractivity contribution in [1.29, 1.82) is 0 Å². The van der Waals surface area contributed by atoms with E-state index in [1.165, 1.54) is 18.5 Å². The van der Waals surface area contributed by atoms with Gasteiger partial charge in [-0.15, -0.1) is 0 Å². The fourth-order valence-corrected chi connectivity index (χ4v) is 2.03. The van der Waals surface area contributed by atoms with Crippen molar-refractivity contribution in [2.75, 3.05) is 23.9 Å². The van der Waals surface area contributed by atoms with E-state index in [2.05, 4.69) is 21.5 Å². The highest BCUT2D eigenvalue weighted by atomic mass is 32.2. The van der Waals surface area contributed by atoms with Crippen LogP contribution in [0.2, 0.25) is 0 Å². The summed E-state index contributed by atoms with van der Waals surface area (Å²) in [5.41, 5.74) is 0.758. The number of hydrogen-bond acceptors (Lipinski definition) is 4. The smallest absolute Gasteiger partial charge is 0.137 e. The summed E-state index contributed by atoms with van der Waals surface area (Å²) >= 11 is 1.81. The molecule has 0 saturated heterocycles. The van der Waals surface area contributed by atoms with Gasteiger partial charge in [0.25, 0.3) is 0 Å². The van der Waals surface area contributed by atoms with Gasteiger partial charge in [-0.25, -0.2) is 14.4 Å². The number of rotatable bonds is 5. The number of nitrogens with one attached hydrogen (secondary N) is 1. The molecule has 17 heavy (non-hydrogen) atoms. The maximum Gasteiger partial charge on any atom is 0.137 e. The lowest BCUT2D eigenvalue weighted by Crippen LogP contribution is -2.05. The van der Waals surface area contributed by atoms with E-state index >= 15 is 0 Å². The van der Waals surface area contributed by atoms with Gasteiger partial charge in [0, 0.05) is 11.9 Å². The van der Waals surface area contributed by atoms with Crippen molar-refractivity contribution in [3.8, 4) is 0 Å². The Morgan fingerprint density at radius 3 is 3.06 bits per heavy atom. The maximum atomic E-state index is 13.2. The summed E-state index contributed by atoms with van der Waals surface area (Å²) in [5, 5.41) is 3.95. The fraction of sp³-hybridized carbons (Fsp3) is 0.333. The lowest BCUT2D eigenvalue weighted by Gasteiger charge is -2.07. The topological polar surface area (TPSA) is 37.8 Å². The molecule has 1 aromatic heterocycles. The van der Waals surface area contributed by atoms with E-state index in [9.17, 15) is 4.39 Å². The highest BCUT2D eigenvalue weighted by molar-refractivity contribution is 7.98. The third-order valence-electron chi connectivity index (χ3n) is 2.42. The van der Waals surface area contributed by atoms with Gasteiger partial charge in [-0.3, -0.25) is 0 Å². The Bertz CT molecular complexity index is 504. The van der Waals surface area contributed by atoms with Crippen LogP contribution >= 0.6 is 11.8 Å². The van der Waals surface area contributed by atoms with Gasteiger partial charge in [0.15, 0.2) is 0 Å². The molecule has 0 saturated carbocycles. The molecule has 2 aromatic rings. The number of benzene rings is 1. The predicted molar refractivity (Wildman–Crippen MR) is 71.0 cm³/mol. The third-order valence-corrected chi connectivity index (χ3v) is 3.11. The molecular weight excluding hydrogens is 237 g/mol. The number of anilines is 1. The predicted octanol–water partition coefficient (Wildman–Crippen LogP) is 2.93. The molecule has 1 aromatic carbocycles. The zero-order valence-corrected chi connectivity index (χ0v) is 10.4. The van der Waals surface area contributed by atoms with Crippen LogP contribution in [0, 0.1) is 5.82 Å². The van der Waals surface area contributed by atoms with Gasteiger partial charge in [-0.1, -0.05) is 0 Å². The second kappa shape index (κ2) is 5.82. The molecule has 0 aliphatic rings. The van der Waals surface area contributed by atoms with Crippen molar-refractivity contribution in [2.45, 2.75) is 6.42 Å². The van der Waals surface area contributed by atoms with Crippen molar-refractivity contribution < 1.29 is 4.39 Å². The number of nitrogens with zero attached hydrogens (tertiary/aromatic N) is 2. The molecule has 0 aliphatic carbocycles. The average Bonchev–Trinajstić information content (AvgIpc) is 2.35. The van der Waals surface area contributed by atoms with Crippen LogP contribution < -0.4 is 5.32 Å². The Hall–Kier alpha value is -1.36. The van der Waals surface area contributed by atoms with Gasteiger partial charge in [0.1, 0.15) is 18.0 Å². The molecule has 0 fully saturated rings. The van der Waals surface area contributed by atoms with Crippen LogP contribution in [0.25, 0.3) is 10.9 Å². The number of thioether (sulfide) groups is 1. The van der Waals surface area contributed by atoms with Crippen LogP contribution in [0.3, 0.4) is 0 Å². The van der Waals surface area contributed by atoms with E-state index < -0.39 is 0 Å². The largest absolute Gasteiger partial charge is 0.369 e. The number of halogens is 1. The van der Waals surface area contributed by atoms with Gasteiger partial charge >= 0.3 is 0 Å². The van der Waals surface area contributed by atoms with Crippen LogP contribution in [0.15, 0.2) is 24.5 Å². The SMILES string of the molecule is CSCCCNc1ncnc2ccc(F)cc12. The first-order valence-electron chi connectivity index (χ1n) is 5.44. The Labute approximate surface area is 104 Å². The molecule has 3 nitrogen and oxygen atoms in total. The molecule has 1 heterocycles. The molecule has 0 aliphatic heterocycles. The molecular formula is C12H14FN3S. The molecule has 2 rings (SSSR count). The summed E-state index contributed by atoms with van der Waals surface area (Å²) in [4.78, 5) is 8.26. The first-order valence-corrected chi connectivity index (χ1v) is 6.83. The molecule has 1 N–H and O–H groups in total. The number of fused-ring (bicyclic) bond motifs is 1. The zero-order chi connectivity index (χ0) is 12.1. The van der Waals surface area contributed by atoms with E-state index in [1.807, 2.05) is 11.8 Å². The summed E-state index contributed by atoms with van der Waals surface area (Å²) in [6.45, 7) is 0.837. The lowest BCUT2D eigenvalue weighted by molar-refractivity contribution is 0.629. The second-order valence-corrected chi connectivity index (χ2v) is 4.64. The Balaban J connectivity index is 2.18. The van der Waals surface area contributed by atoms with Crippen LogP contribution in [-0.4, -0.2) is 28.5 Å². The third kappa shape index (κ3) is 3.06. The standard InChI is InChI=1S/C12H14FN3S/c1-17-6-2-5-14-12-10-7-9(13)3-4-11(10)15-8-16-12/h3-4,7-8H,2,5-6H2,1H3,(H,14,15,16). The van der Waals surface area contributed by atoms with Crippen LogP contribution in [0.4, 0.5) is 10.2 Å². The summed E-state index contributed by atoms with van der Waals surface area (Å²) in [7, 11) is 0. The molecule has 0 radical (unpaired) electrons. The van der Waals surface area contributed by atoms with Crippen molar-refractivity contribution in [3.05, 3.63) is 30.3 Å². The first-order chi connectivity index (χ1) is 8.31. The quantitative estimate of drug-likeness (QED) is 0.829. The summed E-state index contributed by atoms with van der Waals surface area (Å²) in [6.07, 6.45) is 4.63. The van der Waals surface area contributed by atoms with Crippen LogP contribution in [-0.2, 0) is 0 Å². The molecule has 0 spiro atoms. The molecule has 0 amide bonds. The molecule has 0 bridgehead atoms. The number of aromatic nitrogens is 2. The molecule has 0 atom stereocenters. The minimum absolute atomic E-state index is 0.264. The molecule has 5 heteroatoms. The average molecular weight is 251 g/mol. The van der Waals surface area contributed by atoms with Gasteiger partial charge in [0.2, 0.25) is 0 Å². The highest BCUT2D eigenvalue weighted by Gasteiger charge is 2.03. The lowest BCUT2D eigenvalue weighted by atomic mass is 10.2. The van der Waals surface area contributed by atoms with Gasteiger partial charge < -0.3 is 5.32 Å². The summed E-state index contributed by atoms with van der Waals surface area (Å²) < 4.78 is 13.2. The zero-order valence-electron chi connectivity index (χ0n) is 9.61. The van der Waals surface area contributed by atoms with E-state index in [1.54, 1.807) is 6.07 Å². The first kappa shape index (κ1) is 12.1. The van der Waals surface area contributed by atoms with Crippen LogP contribution in [0.5, 0.6) is 0 Å². The number of hydrogen-bond donors (Lipinski definition) is 1.